The molecule has 3 unspecified atom stereocenters. The molecule has 1 amide bonds. The van der Waals surface area contributed by atoms with Crippen LogP contribution in [-0.2, 0) is 36.1 Å². The number of aryl methyl sites for hydroxylation is 1. The van der Waals surface area contributed by atoms with Crippen LogP contribution in [0.3, 0.4) is 0 Å². The Hall–Kier alpha value is -2.63. The second-order valence-electron chi connectivity index (χ2n) is 15.1. The molecule has 1 saturated carbocycles. The van der Waals surface area contributed by atoms with Gasteiger partial charge in [0.15, 0.2) is 6.29 Å². The first-order valence-corrected chi connectivity index (χ1v) is 20.4. The minimum absolute atomic E-state index is 0.128. The minimum atomic E-state index is -3.94. The van der Waals surface area contributed by atoms with Crippen molar-refractivity contribution >= 4 is 33.2 Å². The molecule has 272 valence electrons. The van der Waals surface area contributed by atoms with Crippen molar-refractivity contribution in [3.63, 3.8) is 0 Å². The Labute approximate surface area is 302 Å². The molecule has 2 aromatic rings. The van der Waals surface area contributed by atoms with Gasteiger partial charge in [0.2, 0.25) is 10.0 Å². The Bertz CT molecular complexity index is 1680. The van der Waals surface area contributed by atoms with Crippen LogP contribution < -0.4 is 14.4 Å². The molecule has 0 radical (unpaired) electrons. The van der Waals surface area contributed by atoms with Crippen molar-refractivity contribution in [3.05, 3.63) is 70.3 Å². The van der Waals surface area contributed by atoms with Gasteiger partial charge >= 0.3 is 0 Å². The van der Waals surface area contributed by atoms with E-state index in [-0.39, 0.29) is 29.6 Å². The number of hydrogen-bond donors (Lipinski definition) is 1. The van der Waals surface area contributed by atoms with Crippen molar-refractivity contribution in [2.75, 3.05) is 44.4 Å². The molecular formula is C39H51ClN2O7S. The van der Waals surface area contributed by atoms with Crippen LogP contribution in [0, 0.1) is 17.8 Å². The first kappa shape index (κ1) is 35.8. The van der Waals surface area contributed by atoms with E-state index in [1.165, 1.54) is 11.1 Å². The third-order valence-electron chi connectivity index (χ3n) is 11.8. The smallest absolute Gasteiger partial charge is 0.264 e. The maximum Gasteiger partial charge on any atom is 0.264 e. The lowest BCUT2D eigenvalue weighted by atomic mass is 9.68. The van der Waals surface area contributed by atoms with Crippen LogP contribution in [0.1, 0.15) is 86.7 Å². The summed E-state index contributed by atoms with van der Waals surface area (Å²) < 4.78 is 54.2. The van der Waals surface area contributed by atoms with Gasteiger partial charge in [-0.15, -0.1) is 0 Å². The Morgan fingerprint density at radius 3 is 2.70 bits per heavy atom. The number of nitrogens with one attached hydrogen (secondary N) is 1. The SMILES string of the molecule is CC1C/C=C/C(OCCO[C@@H]2CCCCO2)[C@@H]2CC[C@H]2CN2C[C@@]3(CCCc4cc(Cl)ccc43)COc3ccc(cc32)C(=O)NS(=O)(=O)C1C. The van der Waals surface area contributed by atoms with Gasteiger partial charge in [0.05, 0.1) is 36.9 Å². The molecule has 7 atom stereocenters. The zero-order valence-electron chi connectivity index (χ0n) is 29.3. The van der Waals surface area contributed by atoms with Crippen molar-refractivity contribution in [1.29, 1.82) is 0 Å². The average molecular weight is 727 g/mol. The highest BCUT2D eigenvalue weighted by atomic mass is 35.5. The van der Waals surface area contributed by atoms with E-state index in [1.54, 1.807) is 13.0 Å². The van der Waals surface area contributed by atoms with Crippen LogP contribution in [0.15, 0.2) is 48.6 Å². The number of nitrogens with zero attached hydrogens (tertiary/aromatic N) is 1. The maximum atomic E-state index is 13.5. The van der Waals surface area contributed by atoms with Crippen LogP contribution in [-0.4, -0.2) is 71.5 Å². The van der Waals surface area contributed by atoms with Crippen LogP contribution in [0.5, 0.6) is 5.75 Å². The van der Waals surface area contributed by atoms with Crippen LogP contribution >= 0.6 is 11.6 Å². The third kappa shape index (κ3) is 7.61. The van der Waals surface area contributed by atoms with Crippen LogP contribution in [0.4, 0.5) is 5.69 Å². The minimum Gasteiger partial charge on any atom is -0.490 e. The predicted octanol–water partition coefficient (Wildman–Crippen LogP) is 6.81. The topological polar surface area (TPSA) is 103 Å². The molecule has 3 aliphatic heterocycles. The van der Waals surface area contributed by atoms with Gasteiger partial charge in [0.25, 0.3) is 5.91 Å². The summed E-state index contributed by atoms with van der Waals surface area (Å²) in [7, 11) is -3.94. The highest BCUT2D eigenvalue weighted by Crippen LogP contribution is 2.47. The van der Waals surface area contributed by atoms with Gasteiger partial charge in [0.1, 0.15) is 5.75 Å². The molecule has 9 nitrogen and oxygen atoms in total. The van der Waals surface area contributed by atoms with Crippen molar-refractivity contribution < 1.29 is 32.2 Å². The van der Waals surface area contributed by atoms with Crippen molar-refractivity contribution in [1.82, 2.24) is 4.72 Å². The van der Waals surface area contributed by atoms with Gasteiger partial charge in [-0.05, 0) is 124 Å². The Kier molecular flexibility index (Phi) is 10.8. The Balaban J connectivity index is 1.21. The first-order chi connectivity index (χ1) is 24.1. The maximum absolute atomic E-state index is 13.5. The van der Waals surface area contributed by atoms with Gasteiger partial charge in [-0.1, -0.05) is 36.7 Å². The first-order valence-electron chi connectivity index (χ1n) is 18.5. The highest BCUT2D eigenvalue weighted by molar-refractivity contribution is 7.90. The molecule has 5 aliphatic rings. The zero-order valence-corrected chi connectivity index (χ0v) is 30.9. The highest BCUT2D eigenvalue weighted by Gasteiger charge is 2.44. The van der Waals surface area contributed by atoms with Crippen LogP contribution in [0.25, 0.3) is 0 Å². The number of ether oxygens (including phenoxy) is 4. The van der Waals surface area contributed by atoms with E-state index in [0.717, 1.165) is 75.2 Å². The molecular weight excluding hydrogens is 676 g/mol. The van der Waals surface area contributed by atoms with E-state index in [2.05, 4.69) is 33.9 Å². The molecule has 2 aliphatic carbocycles. The standard InChI is InChI=1S/C39H51ClN2O7S/c1-26-7-5-9-35(46-19-20-48-37-10-3-4-18-47-37)32-14-11-30(32)23-42-24-39(17-6-8-28-21-31(40)13-15-33(28)39)25-49-36-16-12-29(22-34(36)42)38(43)41-50(44,45)27(26)2/h5,9,12-13,15-16,21-22,26-27,30,32,35,37H,3-4,6-8,10-11,14,17-20,23-25H2,1-2H3,(H,41,43)/b9-5+/t26?,27?,30-,32+,35?,37+,39-/m0/s1. The molecule has 0 aromatic heterocycles. The summed E-state index contributed by atoms with van der Waals surface area (Å²) in [6.07, 6.45) is 12.7. The Morgan fingerprint density at radius 1 is 1.04 bits per heavy atom. The van der Waals surface area contributed by atoms with E-state index >= 15 is 0 Å². The third-order valence-corrected chi connectivity index (χ3v) is 14.0. The van der Waals surface area contributed by atoms with Crippen molar-refractivity contribution in [3.8, 4) is 5.75 Å². The number of anilines is 1. The molecule has 2 fully saturated rings. The second kappa shape index (κ2) is 15.2. The fourth-order valence-corrected chi connectivity index (χ4v) is 10.0. The quantitative estimate of drug-likeness (QED) is 0.265. The summed E-state index contributed by atoms with van der Waals surface area (Å²) in [5.74, 6) is 0.507. The number of fused-ring (bicyclic) bond motifs is 4. The summed E-state index contributed by atoms with van der Waals surface area (Å²) >= 11 is 6.46. The van der Waals surface area contributed by atoms with Gasteiger partial charge < -0.3 is 23.8 Å². The number of benzene rings is 2. The number of carbonyl (C=O) groups excluding carboxylic acids is 1. The molecule has 2 bridgehead atoms. The van der Waals surface area contributed by atoms with E-state index in [1.807, 2.05) is 25.1 Å². The number of hydrogen-bond acceptors (Lipinski definition) is 8. The summed E-state index contributed by atoms with van der Waals surface area (Å²) in [5.41, 5.74) is 3.40. The number of halogens is 1. The lowest BCUT2D eigenvalue weighted by molar-refractivity contribution is -0.172. The Morgan fingerprint density at radius 2 is 1.90 bits per heavy atom. The van der Waals surface area contributed by atoms with Gasteiger partial charge in [0, 0.05) is 35.7 Å². The van der Waals surface area contributed by atoms with Crippen LogP contribution in [0.2, 0.25) is 5.02 Å². The largest absolute Gasteiger partial charge is 0.490 e. The molecule has 11 heteroatoms. The monoisotopic (exact) mass is 726 g/mol. The number of carbonyl (C=O) groups is 1. The van der Waals surface area contributed by atoms with Crippen molar-refractivity contribution in [2.45, 2.75) is 94.7 Å². The van der Waals surface area contributed by atoms with Gasteiger partial charge in [-0.3, -0.25) is 4.79 Å². The zero-order chi connectivity index (χ0) is 34.9. The molecule has 50 heavy (non-hydrogen) atoms. The molecule has 1 spiro atoms. The van der Waals surface area contributed by atoms with E-state index in [0.29, 0.717) is 50.0 Å². The second-order valence-corrected chi connectivity index (χ2v) is 17.6. The number of rotatable bonds is 5. The fraction of sp³-hybridized carbons (Fsp3) is 0.615. The summed E-state index contributed by atoms with van der Waals surface area (Å²) in [6.45, 7) is 7.22. The summed E-state index contributed by atoms with van der Waals surface area (Å²) in [6, 6.07) is 11.6. The molecule has 7 rings (SSSR count). The summed E-state index contributed by atoms with van der Waals surface area (Å²) in [5, 5.41) is -0.0323. The molecule has 1 saturated heterocycles. The average Bonchev–Trinajstić information content (AvgIpc) is 3.24. The van der Waals surface area contributed by atoms with E-state index < -0.39 is 21.2 Å². The van der Waals surface area contributed by atoms with Crippen molar-refractivity contribution in [2.24, 2.45) is 17.8 Å². The normalized spacial score (nSPS) is 33.2. The van der Waals surface area contributed by atoms with E-state index in [4.69, 9.17) is 30.5 Å². The lowest BCUT2D eigenvalue weighted by Crippen LogP contribution is -2.49. The van der Waals surface area contributed by atoms with E-state index in [9.17, 15) is 13.2 Å². The van der Waals surface area contributed by atoms with Gasteiger partial charge in [-0.2, -0.15) is 0 Å². The fourth-order valence-electron chi connectivity index (χ4n) is 8.53. The number of amides is 1. The van der Waals surface area contributed by atoms with Gasteiger partial charge in [-0.25, -0.2) is 13.1 Å². The lowest BCUT2D eigenvalue weighted by Gasteiger charge is -2.46. The molecule has 2 aromatic carbocycles. The number of sulfonamides is 1. The molecule has 3 heterocycles. The predicted molar refractivity (Wildman–Crippen MR) is 194 cm³/mol. The number of allylic oxidation sites excluding steroid dienone is 1. The summed E-state index contributed by atoms with van der Waals surface area (Å²) in [4.78, 5) is 15.9. The molecule has 1 N–H and O–H groups in total.